The van der Waals surface area contributed by atoms with Gasteiger partial charge in [-0.15, -0.1) is 0 Å². The molecule has 1 unspecified atom stereocenters. The Bertz CT molecular complexity index is 655. The quantitative estimate of drug-likeness (QED) is 0.511. The van der Waals surface area contributed by atoms with E-state index in [2.05, 4.69) is 53.7 Å². The van der Waals surface area contributed by atoms with Crippen molar-refractivity contribution in [1.82, 2.24) is 10.6 Å². The second-order valence-corrected chi connectivity index (χ2v) is 6.19. The van der Waals surface area contributed by atoms with E-state index in [-0.39, 0.29) is 6.61 Å². The summed E-state index contributed by atoms with van der Waals surface area (Å²) < 4.78 is 0. The van der Waals surface area contributed by atoms with Gasteiger partial charge in [-0.2, -0.15) is 0 Å². The fourth-order valence-corrected chi connectivity index (χ4v) is 2.68. The largest absolute Gasteiger partial charge is 0.392 e. The number of aliphatic hydroxyl groups is 1. The number of nitrogens with zero attached hydrogens (tertiary/aromatic N) is 1. The third-order valence-electron chi connectivity index (χ3n) is 4.13. The molecule has 134 valence electrons. The predicted octanol–water partition coefficient (Wildman–Crippen LogP) is 3.26. The topological polar surface area (TPSA) is 56.7 Å². The molecule has 1 atom stereocenters. The van der Waals surface area contributed by atoms with Crippen LogP contribution in [0.1, 0.15) is 37.0 Å². The van der Waals surface area contributed by atoms with E-state index in [0.29, 0.717) is 12.6 Å². The number of aliphatic imine (C=N–C) groups is 1. The summed E-state index contributed by atoms with van der Waals surface area (Å²) in [7, 11) is 0. The highest BCUT2D eigenvalue weighted by Gasteiger charge is 2.06. The molecule has 0 aromatic heterocycles. The lowest BCUT2D eigenvalue weighted by Crippen LogP contribution is -2.42. The Hall–Kier alpha value is -2.33. The van der Waals surface area contributed by atoms with Crippen molar-refractivity contribution in [1.29, 1.82) is 0 Å². The van der Waals surface area contributed by atoms with E-state index in [1.807, 2.05) is 30.3 Å². The third kappa shape index (κ3) is 6.59. The Morgan fingerprint density at radius 2 is 1.72 bits per heavy atom. The standard InChI is InChI=1S/C21H29N3O/c1-3-22-21(23-15-19-11-7-8-12-20(19)16-25)24-17(2)13-14-18-9-5-4-6-10-18/h4-12,17,25H,3,13-16H2,1-2H3,(H2,22,23,24). The van der Waals surface area contributed by atoms with E-state index < -0.39 is 0 Å². The molecule has 0 heterocycles. The van der Waals surface area contributed by atoms with Crippen molar-refractivity contribution in [3.63, 3.8) is 0 Å². The molecule has 0 bridgehead atoms. The van der Waals surface area contributed by atoms with Gasteiger partial charge in [0.2, 0.25) is 0 Å². The van der Waals surface area contributed by atoms with E-state index in [9.17, 15) is 5.11 Å². The number of hydrogen-bond acceptors (Lipinski definition) is 2. The maximum Gasteiger partial charge on any atom is 0.191 e. The minimum atomic E-state index is 0.0448. The first-order valence-electron chi connectivity index (χ1n) is 8.99. The molecule has 4 heteroatoms. The van der Waals surface area contributed by atoms with Gasteiger partial charge in [-0.3, -0.25) is 0 Å². The highest BCUT2D eigenvalue weighted by molar-refractivity contribution is 5.80. The maximum atomic E-state index is 9.43. The minimum absolute atomic E-state index is 0.0448. The van der Waals surface area contributed by atoms with Gasteiger partial charge in [0.1, 0.15) is 0 Å². The van der Waals surface area contributed by atoms with Crippen LogP contribution in [0, 0.1) is 0 Å². The van der Waals surface area contributed by atoms with Crippen molar-refractivity contribution < 1.29 is 5.11 Å². The molecule has 25 heavy (non-hydrogen) atoms. The van der Waals surface area contributed by atoms with Crippen molar-refractivity contribution in [3.05, 3.63) is 71.3 Å². The molecule has 2 rings (SSSR count). The molecule has 0 fully saturated rings. The zero-order chi connectivity index (χ0) is 17.9. The van der Waals surface area contributed by atoms with Gasteiger partial charge in [-0.25, -0.2) is 4.99 Å². The monoisotopic (exact) mass is 339 g/mol. The van der Waals surface area contributed by atoms with Gasteiger partial charge >= 0.3 is 0 Å². The van der Waals surface area contributed by atoms with Crippen LogP contribution >= 0.6 is 0 Å². The molecule has 0 spiro atoms. The summed E-state index contributed by atoms with van der Waals surface area (Å²) in [4.78, 5) is 4.67. The molecule has 0 aliphatic heterocycles. The van der Waals surface area contributed by atoms with Gasteiger partial charge in [-0.1, -0.05) is 54.6 Å². The Balaban J connectivity index is 1.92. The number of rotatable bonds is 8. The molecular formula is C21H29N3O. The Morgan fingerprint density at radius 3 is 2.40 bits per heavy atom. The van der Waals surface area contributed by atoms with Crippen LogP contribution in [-0.2, 0) is 19.6 Å². The third-order valence-corrected chi connectivity index (χ3v) is 4.13. The van der Waals surface area contributed by atoms with Crippen LogP contribution in [0.5, 0.6) is 0 Å². The normalized spacial score (nSPS) is 12.7. The smallest absolute Gasteiger partial charge is 0.191 e. The van der Waals surface area contributed by atoms with E-state index in [0.717, 1.165) is 36.5 Å². The maximum absolute atomic E-state index is 9.43. The van der Waals surface area contributed by atoms with Crippen LogP contribution in [0.4, 0.5) is 0 Å². The number of nitrogens with one attached hydrogen (secondary N) is 2. The lowest BCUT2D eigenvalue weighted by atomic mass is 10.1. The molecule has 0 aliphatic rings. The summed E-state index contributed by atoms with van der Waals surface area (Å²) >= 11 is 0. The van der Waals surface area contributed by atoms with Crippen LogP contribution in [0.3, 0.4) is 0 Å². The lowest BCUT2D eigenvalue weighted by Gasteiger charge is -2.18. The molecule has 0 radical (unpaired) electrons. The highest BCUT2D eigenvalue weighted by Crippen LogP contribution is 2.10. The Kier molecular flexibility index (Phi) is 7.99. The summed E-state index contributed by atoms with van der Waals surface area (Å²) in [5.41, 5.74) is 3.34. The minimum Gasteiger partial charge on any atom is -0.392 e. The number of guanidine groups is 1. The first-order chi connectivity index (χ1) is 12.2. The van der Waals surface area contributed by atoms with Crippen molar-refractivity contribution >= 4 is 5.96 Å². The highest BCUT2D eigenvalue weighted by atomic mass is 16.3. The van der Waals surface area contributed by atoms with Crippen molar-refractivity contribution in [2.24, 2.45) is 4.99 Å². The molecule has 2 aromatic rings. The van der Waals surface area contributed by atoms with Crippen molar-refractivity contribution in [3.8, 4) is 0 Å². The van der Waals surface area contributed by atoms with Gasteiger partial charge < -0.3 is 15.7 Å². The van der Waals surface area contributed by atoms with Crippen LogP contribution in [0.25, 0.3) is 0 Å². The summed E-state index contributed by atoms with van der Waals surface area (Å²) in [5, 5.41) is 16.2. The summed E-state index contributed by atoms with van der Waals surface area (Å²) in [6.07, 6.45) is 2.09. The first-order valence-corrected chi connectivity index (χ1v) is 8.99. The fraction of sp³-hybridized carbons (Fsp3) is 0.381. The number of aryl methyl sites for hydroxylation is 1. The molecule has 0 saturated carbocycles. The number of benzene rings is 2. The van der Waals surface area contributed by atoms with E-state index in [4.69, 9.17) is 0 Å². The fourth-order valence-electron chi connectivity index (χ4n) is 2.68. The van der Waals surface area contributed by atoms with Crippen LogP contribution < -0.4 is 10.6 Å². The van der Waals surface area contributed by atoms with Crippen LogP contribution in [0.15, 0.2) is 59.6 Å². The average Bonchev–Trinajstić information content (AvgIpc) is 2.65. The van der Waals surface area contributed by atoms with Gasteiger partial charge in [0.25, 0.3) is 0 Å². The zero-order valence-electron chi connectivity index (χ0n) is 15.2. The molecule has 4 nitrogen and oxygen atoms in total. The molecule has 0 saturated heterocycles. The molecule has 2 aromatic carbocycles. The van der Waals surface area contributed by atoms with Crippen LogP contribution in [-0.4, -0.2) is 23.7 Å². The van der Waals surface area contributed by atoms with E-state index >= 15 is 0 Å². The van der Waals surface area contributed by atoms with Gasteiger partial charge in [0.05, 0.1) is 13.2 Å². The van der Waals surface area contributed by atoms with E-state index in [1.54, 1.807) is 0 Å². The average molecular weight is 339 g/mol. The zero-order valence-corrected chi connectivity index (χ0v) is 15.2. The second kappa shape index (κ2) is 10.5. The first kappa shape index (κ1) is 19.0. The Labute approximate surface area is 151 Å². The lowest BCUT2D eigenvalue weighted by molar-refractivity contribution is 0.280. The van der Waals surface area contributed by atoms with Crippen molar-refractivity contribution in [2.75, 3.05) is 6.54 Å². The second-order valence-electron chi connectivity index (χ2n) is 6.19. The van der Waals surface area contributed by atoms with Gasteiger partial charge in [0.15, 0.2) is 5.96 Å². The van der Waals surface area contributed by atoms with Crippen molar-refractivity contribution in [2.45, 2.75) is 45.9 Å². The molecule has 0 amide bonds. The summed E-state index contributed by atoms with van der Waals surface area (Å²) in [6.45, 7) is 5.66. The molecular weight excluding hydrogens is 310 g/mol. The van der Waals surface area contributed by atoms with Gasteiger partial charge in [-0.05, 0) is 43.4 Å². The van der Waals surface area contributed by atoms with E-state index in [1.165, 1.54) is 5.56 Å². The molecule has 0 aliphatic carbocycles. The molecule has 3 N–H and O–H groups in total. The van der Waals surface area contributed by atoms with Gasteiger partial charge in [0, 0.05) is 12.6 Å². The number of hydrogen-bond donors (Lipinski definition) is 3. The predicted molar refractivity (Wildman–Crippen MR) is 105 cm³/mol. The number of aliphatic hydroxyl groups excluding tert-OH is 1. The summed E-state index contributed by atoms with van der Waals surface area (Å²) in [6, 6.07) is 18.7. The van der Waals surface area contributed by atoms with Crippen LogP contribution in [0.2, 0.25) is 0 Å². The Morgan fingerprint density at radius 1 is 1.04 bits per heavy atom. The SMILES string of the molecule is CCNC(=NCc1ccccc1CO)NC(C)CCc1ccccc1. The summed E-state index contributed by atoms with van der Waals surface area (Å²) in [5.74, 6) is 0.816.